The quantitative estimate of drug-likeness (QED) is 0.598. The molecule has 0 spiro atoms. The van der Waals surface area contributed by atoms with Crippen LogP contribution in [-0.2, 0) is 17.6 Å². The second-order valence-electron chi connectivity index (χ2n) is 2.59. The van der Waals surface area contributed by atoms with Crippen LogP contribution in [0.15, 0.2) is 18.2 Å². The summed E-state index contributed by atoms with van der Waals surface area (Å²) in [5.41, 5.74) is -1.53. The standard InChI is InChI=1S/C8H7F4NO/c9-7-5(4-14-13)2-1-3-6(7)8(10,11)12/h1-3H,4,13H2. The smallest absolute Gasteiger partial charge is 0.300 e. The molecule has 0 amide bonds. The molecule has 2 N–H and O–H groups in total. The van der Waals surface area contributed by atoms with Crippen LogP contribution in [0, 0.1) is 5.82 Å². The second-order valence-corrected chi connectivity index (χ2v) is 2.59. The number of hydrogen-bond acceptors (Lipinski definition) is 2. The first kappa shape index (κ1) is 10.9. The summed E-state index contributed by atoms with van der Waals surface area (Å²) in [6.07, 6.45) is -4.70. The van der Waals surface area contributed by atoms with E-state index in [2.05, 4.69) is 10.7 Å². The van der Waals surface area contributed by atoms with E-state index >= 15 is 0 Å². The molecule has 14 heavy (non-hydrogen) atoms. The molecule has 78 valence electrons. The molecule has 0 aliphatic carbocycles. The van der Waals surface area contributed by atoms with E-state index in [1.165, 1.54) is 6.07 Å². The van der Waals surface area contributed by atoms with Crippen molar-refractivity contribution in [2.45, 2.75) is 12.8 Å². The van der Waals surface area contributed by atoms with Crippen molar-refractivity contribution >= 4 is 0 Å². The Balaban J connectivity index is 3.14. The summed E-state index contributed by atoms with van der Waals surface area (Å²) in [4.78, 5) is 4.07. The summed E-state index contributed by atoms with van der Waals surface area (Å²) in [6, 6.07) is 2.94. The van der Waals surface area contributed by atoms with Gasteiger partial charge in [-0.2, -0.15) is 13.2 Å². The summed E-state index contributed by atoms with van der Waals surface area (Å²) < 4.78 is 49.6. The molecule has 0 heterocycles. The van der Waals surface area contributed by atoms with Gasteiger partial charge in [0.1, 0.15) is 5.82 Å². The summed E-state index contributed by atoms with van der Waals surface area (Å²) in [7, 11) is 0. The predicted molar refractivity (Wildman–Crippen MR) is 40.4 cm³/mol. The maximum absolute atomic E-state index is 13.1. The Morgan fingerprint density at radius 3 is 2.43 bits per heavy atom. The fourth-order valence-corrected chi connectivity index (χ4v) is 1.000. The number of benzene rings is 1. The van der Waals surface area contributed by atoms with E-state index in [9.17, 15) is 17.6 Å². The first-order chi connectivity index (χ1) is 6.46. The molecular formula is C8H7F4NO. The molecule has 0 aliphatic rings. The van der Waals surface area contributed by atoms with Gasteiger partial charge in [0.2, 0.25) is 0 Å². The molecular weight excluding hydrogens is 202 g/mol. The Morgan fingerprint density at radius 2 is 1.93 bits per heavy atom. The average molecular weight is 209 g/mol. The van der Waals surface area contributed by atoms with Crippen molar-refractivity contribution in [3.63, 3.8) is 0 Å². The highest BCUT2D eigenvalue weighted by Crippen LogP contribution is 2.32. The zero-order chi connectivity index (χ0) is 10.8. The van der Waals surface area contributed by atoms with Crippen LogP contribution < -0.4 is 5.90 Å². The fourth-order valence-electron chi connectivity index (χ4n) is 1.000. The second kappa shape index (κ2) is 3.93. The molecule has 0 aliphatic heterocycles. The first-order valence-electron chi connectivity index (χ1n) is 3.63. The highest BCUT2D eigenvalue weighted by atomic mass is 19.4. The van der Waals surface area contributed by atoms with E-state index < -0.39 is 24.2 Å². The van der Waals surface area contributed by atoms with Gasteiger partial charge in [-0.1, -0.05) is 12.1 Å². The predicted octanol–water partition coefficient (Wildman–Crippen LogP) is 2.23. The van der Waals surface area contributed by atoms with Gasteiger partial charge < -0.3 is 0 Å². The van der Waals surface area contributed by atoms with E-state index in [-0.39, 0.29) is 5.56 Å². The maximum atomic E-state index is 13.1. The Hall–Kier alpha value is -1.14. The molecule has 0 saturated heterocycles. The third-order valence-corrected chi connectivity index (χ3v) is 1.62. The number of rotatable bonds is 2. The van der Waals surface area contributed by atoms with Crippen molar-refractivity contribution in [2.24, 2.45) is 5.90 Å². The van der Waals surface area contributed by atoms with Crippen molar-refractivity contribution in [2.75, 3.05) is 0 Å². The number of hydrogen-bond donors (Lipinski definition) is 1. The molecule has 0 bridgehead atoms. The molecule has 0 fully saturated rings. The highest BCUT2D eigenvalue weighted by molar-refractivity contribution is 5.27. The van der Waals surface area contributed by atoms with E-state index in [0.29, 0.717) is 6.07 Å². The minimum atomic E-state index is -4.70. The van der Waals surface area contributed by atoms with Crippen molar-refractivity contribution < 1.29 is 22.4 Å². The molecule has 0 radical (unpaired) electrons. The number of halogens is 4. The average Bonchev–Trinajstić information content (AvgIpc) is 2.07. The minimum Gasteiger partial charge on any atom is -0.300 e. The Labute approximate surface area is 77.2 Å². The third-order valence-electron chi connectivity index (χ3n) is 1.62. The largest absolute Gasteiger partial charge is 0.419 e. The molecule has 0 aromatic heterocycles. The van der Waals surface area contributed by atoms with Gasteiger partial charge in [0.15, 0.2) is 0 Å². The molecule has 1 aromatic carbocycles. The van der Waals surface area contributed by atoms with Crippen LogP contribution in [-0.4, -0.2) is 0 Å². The van der Waals surface area contributed by atoms with Crippen LogP contribution in [0.5, 0.6) is 0 Å². The molecule has 2 nitrogen and oxygen atoms in total. The summed E-state index contributed by atoms with van der Waals surface area (Å²) in [5.74, 6) is 3.30. The van der Waals surface area contributed by atoms with Gasteiger partial charge in [-0.15, -0.1) is 0 Å². The van der Waals surface area contributed by atoms with Crippen LogP contribution in [0.4, 0.5) is 17.6 Å². The van der Waals surface area contributed by atoms with Gasteiger partial charge in [0.05, 0.1) is 12.2 Å². The van der Waals surface area contributed by atoms with Gasteiger partial charge in [0.25, 0.3) is 0 Å². The summed E-state index contributed by atoms with van der Waals surface area (Å²) in [5, 5.41) is 0. The van der Waals surface area contributed by atoms with Crippen molar-refractivity contribution in [1.29, 1.82) is 0 Å². The zero-order valence-electron chi connectivity index (χ0n) is 6.94. The SMILES string of the molecule is NOCc1cccc(C(F)(F)F)c1F. The molecule has 1 aromatic rings. The van der Waals surface area contributed by atoms with Crippen LogP contribution in [0.1, 0.15) is 11.1 Å². The number of alkyl halides is 3. The van der Waals surface area contributed by atoms with E-state index in [4.69, 9.17) is 0 Å². The lowest BCUT2D eigenvalue weighted by atomic mass is 10.1. The van der Waals surface area contributed by atoms with Crippen LogP contribution in [0.3, 0.4) is 0 Å². The van der Waals surface area contributed by atoms with Gasteiger partial charge >= 0.3 is 6.18 Å². The topological polar surface area (TPSA) is 35.2 Å². The lowest BCUT2D eigenvalue weighted by Gasteiger charge is -2.10. The van der Waals surface area contributed by atoms with Crippen LogP contribution in [0.25, 0.3) is 0 Å². The zero-order valence-corrected chi connectivity index (χ0v) is 6.94. The molecule has 0 unspecified atom stereocenters. The summed E-state index contributed by atoms with van der Waals surface area (Å²) in [6.45, 7) is -0.393. The van der Waals surface area contributed by atoms with Gasteiger partial charge in [-0.05, 0) is 6.07 Å². The van der Waals surface area contributed by atoms with Gasteiger partial charge in [-0.3, -0.25) is 4.84 Å². The van der Waals surface area contributed by atoms with Gasteiger partial charge in [-0.25, -0.2) is 10.3 Å². The minimum absolute atomic E-state index is 0.220. The maximum Gasteiger partial charge on any atom is 0.419 e. The van der Waals surface area contributed by atoms with E-state index in [1.54, 1.807) is 0 Å². The van der Waals surface area contributed by atoms with Crippen molar-refractivity contribution in [3.05, 3.63) is 35.1 Å². The Bertz CT molecular complexity index is 324. The lowest BCUT2D eigenvalue weighted by molar-refractivity contribution is -0.140. The molecule has 0 saturated carbocycles. The van der Waals surface area contributed by atoms with E-state index in [1.807, 2.05) is 0 Å². The third kappa shape index (κ3) is 2.21. The van der Waals surface area contributed by atoms with E-state index in [0.717, 1.165) is 6.07 Å². The van der Waals surface area contributed by atoms with Crippen LogP contribution in [0.2, 0.25) is 0 Å². The molecule has 1 rings (SSSR count). The summed E-state index contributed by atoms with van der Waals surface area (Å²) >= 11 is 0. The molecule has 0 atom stereocenters. The fraction of sp³-hybridized carbons (Fsp3) is 0.250. The lowest BCUT2D eigenvalue weighted by Crippen LogP contribution is -2.11. The van der Waals surface area contributed by atoms with Crippen molar-refractivity contribution in [3.8, 4) is 0 Å². The van der Waals surface area contributed by atoms with Crippen molar-refractivity contribution in [1.82, 2.24) is 0 Å². The van der Waals surface area contributed by atoms with Crippen LogP contribution >= 0.6 is 0 Å². The monoisotopic (exact) mass is 209 g/mol. The normalized spacial score (nSPS) is 11.8. The number of nitrogens with two attached hydrogens (primary N) is 1. The Kier molecular flexibility index (Phi) is 3.07. The first-order valence-corrected chi connectivity index (χ1v) is 3.63. The Morgan fingerprint density at radius 1 is 1.29 bits per heavy atom. The van der Waals surface area contributed by atoms with Gasteiger partial charge in [0, 0.05) is 5.56 Å². The highest BCUT2D eigenvalue weighted by Gasteiger charge is 2.34. The molecule has 6 heteroatoms.